The van der Waals surface area contributed by atoms with Gasteiger partial charge in [-0.3, -0.25) is 4.79 Å². The van der Waals surface area contributed by atoms with Gasteiger partial charge in [0.05, 0.1) is 12.7 Å². The van der Waals surface area contributed by atoms with Crippen molar-refractivity contribution in [2.75, 3.05) is 19.7 Å². The Morgan fingerprint density at radius 2 is 2.12 bits per heavy atom. The maximum absolute atomic E-state index is 12.3. The van der Waals surface area contributed by atoms with Gasteiger partial charge in [-0.15, -0.1) is 0 Å². The topological polar surface area (TPSA) is 42.4 Å². The van der Waals surface area contributed by atoms with Crippen molar-refractivity contribution in [2.45, 2.75) is 13.0 Å². The second kappa shape index (κ2) is 5.46. The summed E-state index contributed by atoms with van der Waals surface area (Å²) in [7, 11) is 0. The van der Waals surface area contributed by atoms with Crippen LogP contribution in [-0.4, -0.2) is 41.6 Å². The Morgan fingerprint density at radius 1 is 1.47 bits per heavy atom. The second-order valence-corrected chi connectivity index (χ2v) is 5.56. The number of aromatic nitrogens is 1. The molecule has 1 aromatic rings. The van der Waals surface area contributed by atoms with Crippen LogP contribution >= 0.6 is 31.9 Å². The first kappa shape index (κ1) is 13.0. The van der Waals surface area contributed by atoms with E-state index in [9.17, 15) is 4.79 Å². The van der Waals surface area contributed by atoms with Gasteiger partial charge in [0.15, 0.2) is 0 Å². The van der Waals surface area contributed by atoms with Gasteiger partial charge in [-0.25, -0.2) is 4.98 Å². The molecule has 2 heterocycles. The monoisotopic (exact) mass is 362 g/mol. The highest BCUT2D eigenvalue weighted by molar-refractivity contribution is 9.11. The highest BCUT2D eigenvalue weighted by atomic mass is 79.9. The fourth-order valence-electron chi connectivity index (χ4n) is 1.77. The molecule has 0 saturated carbocycles. The van der Waals surface area contributed by atoms with Crippen LogP contribution in [0.15, 0.2) is 21.3 Å². The summed E-state index contributed by atoms with van der Waals surface area (Å²) in [5, 5.41) is 0. The summed E-state index contributed by atoms with van der Waals surface area (Å²) in [6.45, 7) is 3.84. The number of halogens is 2. The summed E-state index contributed by atoms with van der Waals surface area (Å²) in [5.74, 6) is 0.0175. The molecule has 92 valence electrons. The van der Waals surface area contributed by atoms with Crippen molar-refractivity contribution in [3.63, 3.8) is 0 Å². The Bertz CT molecular complexity index is 419. The van der Waals surface area contributed by atoms with E-state index in [0.29, 0.717) is 34.5 Å². The molecule has 4 nitrogen and oxygen atoms in total. The van der Waals surface area contributed by atoms with Gasteiger partial charge in [0.2, 0.25) is 0 Å². The highest BCUT2D eigenvalue weighted by Gasteiger charge is 2.22. The van der Waals surface area contributed by atoms with E-state index < -0.39 is 0 Å². The number of ether oxygens (including phenoxy) is 1. The lowest BCUT2D eigenvalue weighted by molar-refractivity contribution is -0.0124. The minimum atomic E-state index is 0.0175. The summed E-state index contributed by atoms with van der Waals surface area (Å²) in [6.07, 6.45) is 0.0985. The number of rotatable bonds is 1. The number of amides is 1. The lowest BCUT2D eigenvalue weighted by atomic mass is 10.2. The number of pyridine rings is 1. The third-order valence-electron chi connectivity index (χ3n) is 2.54. The smallest absolute Gasteiger partial charge is 0.254 e. The van der Waals surface area contributed by atoms with E-state index in [1.54, 1.807) is 12.1 Å². The van der Waals surface area contributed by atoms with Crippen LogP contribution in [0.1, 0.15) is 17.3 Å². The van der Waals surface area contributed by atoms with Crippen molar-refractivity contribution in [1.29, 1.82) is 0 Å². The first-order chi connectivity index (χ1) is 8.06. The molecule has 17 heavy (non-hydrogen) atoms. The van der Waals surface area contributed by atoms with Gasteiger partial charge in [-0.05, 0) is 50.9 Å². The normalized spacial score (nSPS) is 20.4. The van der Waals surface area contributed by atoms with Gasteiger partial charge < -0.3 is 9.64 Å². The average molecular weight is 364 g/mol. The molecule has 6 heteroatoms. The summed E-state index contributed by atoms with van der Waals surface area (Å²) < 4.78 is 6.72. The molecule has 0 radical (unpaired) electrons. The molecule has 1 aliphatic heterocycles. The molecule has 0 aliphatic carbocycles. The predicted molar refractivity (Wildman–Crippen MR) is 71.0 cm³/mol. The molecule has 0 spiro atoms. The van der Waals surface area contributed by atoms with Crippen molar-refractivity contribution in [2.24, 2.45) is 0 Å². The van der Waals surface area contributed by atoms with E-state index in [1.807, 2.05) is 11.8 Å². The molecule has 1 unspecified atom stereocenters. The van der Waals surface area contributed by atoms with Gasteiger partial charge in [0.1, 0.15) is 9.21 Å². The van der Waals surface area contributed by atoms with Crippen LogP contribution < -0.4 is 0 Å². The fourth-order valence-corrected chi connectivity index (χ4v) is 2.89. The Morgan fingerprint density at radius 3 is 2.71 bits per heavy atom. The minimum Gasteiger partial charge on any atom is -0.375 e. The highest BCUT2D eigenvalue weighted by Crippen LogP contribution is 2.18. The molecule has 2 rings (SSSR count). The zero-order valence-electron chi connectivity index (χ0n) is 9.32. The lowest BCUT2D eigenvalue weighted by Gasteiger charge is -2.31. The number of hydrogen-bond acceptors (Lipinski definition) is 3. The van der Waals surface area contributed by atoms with E-state index in [0.717, 1.165) is 0 Å². The SMILES string of the molecule is CC1CN(C(=O)c2cc(Br)nc(Br)c2)CCO1. The summed E-state index contributed by atoms with van der Waals surface area (Å²) in [5.41, 5.74) is 0.632. The molecule has 0 bridgehead atoms. The van der Waals surface area contributed by atoms with Gasteiger partial charge in [0, 0.05) is 18.7 Å². The van der Waals surface area contributed by atoms with E-state index >= 15 is 0 Å². The lowest BCUT2D eigenvalue weighted by Crippen LogP contribution is -2.44. The van der Waals surface area contributed by atoms with Gasteiger partial charge >= 0.3 is 0 Å². The number of carbonyl (C=O) groups is 1. The van der Waals surface area contributed by atoms with Gasteiger partial charge in [0.25, 0.3) is 5.91 Å². The molecule has 1 atom stereocenters. The van der Waals surface area contributed by atoms with E-state index in [-0.39, 0.29) is 12.0 Å². The van der Waals surface area contributed by atoms with Gasteiger partial charge in [-0.1, -0.05) is 0 Å². The largest absolute Gasteiger partial charge is 0.375 e. The quantitative estimate of drug-likeness (QED) is 0.720. The molecule has 1 saturated heterocycles. The molecular formula is C11H12Br2N2O2. The molecule has 0 aromatic carbocycles. The van der Waals surface area contributed by atoms with Crippen LogP contribution in [0.5, 0.6) is 0 Å². The summed E-state index contributed by atoms with van der Waals surface area (Å²) in [4.78, 5) is 18.2. The first-order valence-electron chi connectivity index (χ1n) is 5.30. The number of hydrogen-bond donors (Lipinski definition) is 0. The Hall–Kier alpha value is -0.460. The van der Waals surface area contributed by atoms with Crippen molar-refractivity contribution in [1.82, 2.24) is 9.88 Å². The first-order valence-corrected chi connectivity index (χ1v) is 6.89. The van der Waals surface area contributed by atoms with E-state index in [2.05, 4.69) is 36.8 Å². The number of carbonyl (C=O) groups excluding carboxylic acids is 1. The fraction of sp³-hybridized carbons (Fsp3) is 0.455. The molecule has 1 amide bonds. The molecular weight excluding hydrogens is 352 g/mol. The third-order valence-corrected chi connectivity index (χ3v) is 3.35. The third kappa shape index (κ3) is 3.26. The summed E-state index contributed by atoms with van der Waals surface area (Å²) in [6, 6.07) is 3.46. The minimum absolute atomic E-state index is 0.0175. The summed E-state index contributed by atoms with van der Waals surface area (Å²) >= 11 is 6.56. The van der Waals surface area contributed by atoms with Crippen molar-refractivity contribution >= 4 is 37.8 Å². The standard InChI is InChI=1S/C11H12Br2N2O2/c1-7-6-15(2-3-17-7)11(16)8-4-9(12)14-10(13)5-8/h4-5,7H,2-3,6H2,1H3. The molecule has 1 fully saturated rings. The van der Waals surface area contributed by atoms with E-state index in [4.69, 9.17) is 4.74 Å². The van der Waals surface area contributed by atoms with Crippen LogP contribution in [0.3, 0.4) is 0 Å². The zero-order chi connectivity index (χ0) is 12.4. The van der Waals surface area contributed by atoms with Crippen molar-refractivity contribution in [3.05, 3.63) is 26.9 Å². The zero-order valence-corrected chi connectivity index (χ0v) is 12.5. The Kier molecular flexibility index (Phi) is 4.17. The second-order valence-electron chi connectivity index (χ2n) is 3.93. The van der Waals surface area contributed by atoms with Crippen LogP contribution in [0.2, 0.25) is 0 Å². The van der Waals surface area contributed by atoms with Crippen molar-refractivity contribution < 1.29 is 9.53 Å². The van der Waals surface area contributed by atoms with Crippen molar-refractivity contribution in [3.8, 4) is 0 Å². The Labute approximate surface area is 117 Å². The van der Waals surface area contributed by atoms with Gasteiger partial charge in [-0.2, -0.15) is 0 Å². The van der Waals surface area contributed by atoms with Crippen LogP contribution in [-0.2, 0) is 4.74 Å². The average Bonchev–Trinajstić information content (AvgIpc) is 2.26. The molecule has 1 aromatic heterocycles. The Balaban J connectivity index is 2.18. The number of nitrogens with zero attached hydrogens (tertiary/aromatic N) is 2. The maximum Gasteiger partial charge on any atom is 0.254 e. The van der Waals surface area contributed by atoms with Crippen LogP contribution in [0.25, 0.3) is 0 Å². The van der Waals surface area contributed by atoms with E-state index in [1.165, 1.54) is 0 Å². The molecule has 1 aliphatic rings. The maximum atomic E-state index is 12.3. The van der Waals surface area contributed by atoms with Crippen LogP contribution in [0, 0.1) is 0 Å². The number of morpholine rings is 1. The molecule has 0 N–H and O–H groups in total. The van der Waals surface area contributed by atoms with Crippen LogP contribution in [0.4, 0.5) is 0 Å². The predicted octanol–water partition coefficient (Wildman–Crippen LogP) is 2.47.